The molecule has 0 radical (unpaired) electrons. The third-order valence-corrected chi connectivity index (χ3v) is 3.30. The monoisotopic (exact) mass is 288 g/mol. The normalized spacial score (nSPS) is 12.1. The fourth-order valence-corrected chi connectivity index (χ4v) is 1.84. The summed E-state index contributed by atoms with van der Waals surface area (Å²) < 4.78 is 0. The molecule has 0 aliphatic rings. The average Bonchev–Trinajstić information content (AvgIpc) is 2.92. The number of amides is 1. The Balaban J connectivity index is 1.93. The Kier molecular flexibility index (Phi) is 4.94. The molecule has 6 heteroatoms. The molecular formula is C15H20N4O2. The van der Waals surface area contributed by atoms with Crippen LogP contribution in [0.15, 0.2) is 35.1 Å². The fraction of sp³-hybridized carbons (Fsp3) is 0.333. The van der Waals surface area contributed by atoms with E-state index < -0.39 is 0 Å². The highest BCUT2D eigenvalue weighted by molar-refractivity contribution is 5.92. The van der Waals surface area contributed by atoms with Crippen LogP contribution in [0.4, 0.5) is 5.69 Å². The van der Waals surface area contributed by atoms with E-state index >= 15 is 0 Å². The molecule has 0 saturated heterocycles. The second kappa shape index (κ2) is 6.90. The van der Waals surface area contributed by atoms with Gasteiger partial charge >= 0.3 is 0 Å². The van der Waals surface area contributed by atoms with Gasteiger partial charge in [0.2, 0.25) is 5.91 Å². The molecule has 2 rings (SSSR count). The highest BCUT2D eigenvalue weighted by Crippen LogP contribution is 2.17. The Bertz CT molecular complexity index is 642. The SMILES string of the molecule is CCC(C)NCC(=O)Nc1ccc(-c2cc(=O)[nH][nH]2)cc1. The van der Waals surface area contributed by atoms with Gasteiger partial charge in [0.25, 0.3) is 5.56 Å². The maximum absolute atomic E-state index is 11.8. The summed E-state index contributed by atoms with van der Waals surface area (Å²) in [5, 5.41) is 11.2. The van der Waals surface area contributed by atoms with Crippen LogP contribution in [-0.2, 0) is 4.79 Å². The lowest BCUT2D eigenvalue weighted by molar-refractivity contribution is -0.115. The molecule has 4 N–H and O–H groups in total. The molecule has 21 heavy (non-hydrogen) atoms. The van der Waals surface area contributed by atoms with Gasteiger partial charge in [-0.2, -0.15) is 0 Å². The third-order valence-electron chi connectivity index (χ3n) is 3.30. The van der Waals surface area contributed by atoms with Crippen molar-refractivity contribution in [1.82, 2.24) is 15.5 Å². The summed E-state index contributed by atoms with van der Waals surface area (Å²) in [5.41, 5.74) is 2.16. The largest absolute Gasteiger partial charge is 0.325 e. The molecule has 1 atom stereocenters. The second-order valence-corrected chi connectivity index (χ2v) is 4.99. The van der Waals surface area contributed by atoms with Crippen molar-refractivity contribution in [2.24, 2.45) is 0 Å². The summed E-state index contributed by atoms with van der Waals surface area (Å²) in [5.74, 6) is -0.0712. The van der Waals surface area contributed by atoms with E-state index in [-0.39, 0.29) is 11.5 Å². The van der Waals surface area contributed by atoms with E-state index in [1.54, 1.807) is 0 Å². The van der Waals surface area contributed by atoms with Crippen LogP contribution in [0.3, 0.4) is 0 Å². The topological polar surface area (TPSA) is 89.8 Å². The number of nitrogens with one attached hydrogen (secondary N) is 4. The molecule has 1 amide bonds. The standard InChI is InChI=1S/C15H20N4O2/c1-3-10(2)16-9-15(21)17-12-6-4-11(5-7-12)13-8-14(20)19-18-13/h4-8,10,16H,3,9H2,1-2H3,(H,17,21)(H2,18,19,20). The predicted molar refractivity (Wildman–Crippen MR) is 83.2 cm³/mol. The fourth-order valence-electron chi connectivity index (χ4n) is 1.84. The molecule has 1 aromatic carbocycles. The third kappa shape index (κ3) is 4.32. The van der Waals surface area contributed by atoms with Crippen LogP contribution in [0.2, 0.25) is 0 Å². The van der Waals surface area contributed by atoms with Crippen molar-refractivity contribution in [3.63, 3.8) is 0 Å². The van der Waals surface area contributed by atoms with Crippen LogP contribution in [0.25, 0.3) is 11.3 Å². The minimum Gasteiger partial charge on any atom is -0.325 e. The Labute approximate surface area is 122 Å². The smallest absolute Gasteiger partial charge is 0.264 e. The number of H-pyrrole nitrogens is 2. The van der Waals surface area contributed by atoms with Gasteiger partial charge in [0.05, 0.1) is 12.2 Å². The molecule has 2 aromatic rings. The van der Waals surface area contributed by atoms with Gasteiger partial charge in [-0.15, -0.1) is 0 Å². The van der Waals surface area contributed by atoms with E-state index in [9.17, 15) is 9.59 Å². The zero-order valence-electron chi connectivity index (χ0n) is 12.2. The molecule has 112 valence electrons. The van der Waals surface area contributed by atoms with Crippen molar-refractivity contribution < 1.29 is 4.79 Å². The number of carbonyl (C=O) groups excluding carboxylic acids is 1. The highest BCUT2D eigenvalue weighted by Gasteiger charge is 2.05. The molecule has 0 aliphatic carbocycles. The van der Waals surface area contributed by atoms with Crippen LogP contribution in [0, 0.1) is 0 Å². The van der Waals surface area contributed by atoms with Gasteiger partial charge in [-0.25, -0.2) is 0 Å². The Morgan fingerprint density at radius 2 is 1.95 bits per heavy atom. The second-order valence-electron chi connectivity index (χ2n) is 4.99. The van der Waals surface area contributed by atoms with Gasteiger partial charge < -0.3 is 10.6 Å². The van der Waals surface area contributed by atoms with Crippen molar-refractivity contribution in [2.45, 2.75) is 26.3 Å². The molecule has 0 saturated carbocycles. The quantitative estimate of drug-likeness (QED) is 0.652. The van der Waals surface area contributed by atoms with E-state index in [4.69, 9.17) is 0 Å². The van der Waals surface area contributed by atoms with Crippen LogP contribution in [-0.4, -0.2) is 28.7 Å². The zero-order valence-corrected chi connectivity index (χ0v) is 12.2. The van der Waals surface area contributed by atoms with Crippen molar-refractivity contribution in [3.05, 3.63) is 40.7 Å². The summed E-state index contributed by atoms with van der Waals surface area (Å²) in [6, 6.07) is 9.12. The van der Waals surface area contributed by atoms with Crippen LogP contribution < -0.4 is 16.2 Å². The van der Waals surface area contributed by atoms with E-state index in [0.29, 0.717) is 12.6 Å². The number of aromatic amines is 2. The first-order valence-corrected chi connectivity index (χ1v) is 7.00. The molecule has 6 nitrogen and oxygen atoms in total. The van der Waals surface area contributed by atoms with E-state index in [2.05, 4.69) is 27.8 Å². The van der Waals surface area contributed by atoms with Gasteiger partial charge in [-0.3, -0.25) is 19.8 Å². The number of aromatic nitrogens is 2. The molecule has 0 bridgehead atoms. The maximum Gasteiger partial charge on any atom is 0.264 e. The number of hydrogen-bond acceptors (Lipinski definition) is 3. The average molecular weight is 288 g/mol. The molecule has 1 heterocycles. The molecule has 0 fully saturated rings. The lowest BCUT2D eigenvalue weighted by Crippen LogP contribution is -2.33. The first-order chi connectivity index (χ1) is 10.1. The predicted octanol–water partition coefficient (Wildman–Crippen LogP) is 1.70. The van der Waals surface area contributed by atoms with Crippen molar-refractivity contribution >= 4 is 11.6 Å². The van der Waals surface area contributed by atoms with Crippen molar-refractivity contribution in [1.29, 1.82) is 0 Å². The van der Waals surface area contributed by atoms with Gasteiger partial charge in [-0.05, 0) is 31.0 Å². The van der Waals surface area contributed by atoms with Gasteiger partial charge in [0, 0.05) is 17.8 Å². The molecule has 1 unspecified atom stereocenters. The highest BCUT2D eigenvalue weighted by atomic mass is 16.2. The van der Waals surface area contributed by atoms with Gasteiger partial charge in [-0.1, -0.05) is 19.1 Å². The lowest BCUT2D eigenvalue weighted by Gasteiger charge is -2.11. The summed E-state index contributed by atoms with van der Waals surface area (Å²) in [7, 11) is 0. The number of anilines is 1. The zero-order chi connectivity index (χ0) is 15.2. The van der Waals surface area contributed by atoms with Crippen LogP contribution >= 0.6 is 0 Å². The maximum atomic E-state index is 11.8. The molecule has 1 aromatic heterocycles. The molecule has 0 aliphatic heterocycles. The minimum absolute atomic E-state index is 0.0712. The Hall–Kier alpha value is -2.34. The van der Waals surface area contributed by atoms with E-state index in [1.165, 1.54) is 6.07 Å². The van der Waals surface area contributed by atoms with Crippen molar-refractivity contribution in [2.75, 3.05) is 11.9 Å². The molecular weight excluding hydrogens is 268 g/mol. The number of rotatable bonds is 6. The first kappa shape index (κ1) is 15.1. The summed E-state index contributed by atoms with van der Waals surface area (Å²) in [4.78, 5) is 22.8. The summed E-state index contributed by atoms with van der Waals surface area (Å²) in [6.07, 6.45) is 0.983. The van der Waals surface area contributed by atoms with E-state index in [1.807, 2.05) is 31.2 Å². The minimum atomic E-state index is -0.168. The summed E-state index contributed by atoms with van der Waals surface area (Å²) >= 11 is 0. The Morgan fingerprint density at radius 3 is 2.52 bits per heavy atom. The van der Waals surface area contributed by atoms with Gasteiger partial charge in [0.15, 0.2) is 0 Å². The van der Waals surface area contributed by atoms with E-state index in [0.717, 1.165) is 23.4 Å². The van der Waals surface area contributed by atoms with Gasteiger partial charge in [0.1, 0.15) is 0 Å². The van der Waals surface area contributed by atoms with Crippen molar-refractivity contribution in [3.8, 4) is 11.3 Å². The van der Waals surface area contributed by atoms with Crippen LogP contribution in [0.1, 0.15) is 20.3 Å². The first-order valence-electron chi connectivity index (χ1n) is 7.00. The summed E-state index contributed by atoms with van der Waals surface area (Å²) in [6.45, 7) is 4.40. The molecule has 0 spiro atoms. The Morgan fingerprint density at radius 1 is 1.24 bits per heavy atom. The lowest BCUT2D eigenvalue weighted by atomic mass is 10.1. The number of hydrogen-bond donors (Lipinski definition) is 4. The van der Waals surface area contributed by atoms with Crippen LogP contribution in [0.5, 0.6) is 0 Å². The number of benzene rings is 1. The number of carbonyl (C=O) groups is 1.